The third-order valence-corrected chi connectivity index (χ3v) is 4.75. The first-order valence-electron chi connectivity index (χ1n) is 6.84. The van der Waals surface area contributed by atoms with Gasteiger partial charge in [0.15, 0.2) is 0 Å². The van der Waals surface area contributed by atoms with Gasteiger partial charge < -0.3 is 5.11 Å². The molecule has 0 aliphatic carbocycles. The van der Waals surface area contributed by atoms with Gasteiger partial charge in [-0.3, -0.25) is 9.69 Å². The molecule has 1 atom stereocenters. The maximum Gasteiger partial charge on any atom is 0.327 e. The molecule has 5 heteroatoms. The van der Waals surface area contributed by atoms with E-state index >= 15 is 0 Å². The lowest BCUT2D eigenvalue weighted by atomic mass is 10.1. The van der Waals surface area contributed by atoms with Gasteiger partial charge in [-0.05, 0) is 35.1 Å². The first kappa shape index (κ1) is 13.8. The lowest BCUT2D eigenvalue weighted by molar-refractivity contribution is -0.138. The number of carboxylic acids is 1. The summed E-state index contributed by atoms with van der Waals surface area (Å²) >= 11 is 1.37. The van der Waals surface area contributed by atoms with E-state index in [0.29, 0.717) is 17.0 Å². The number of hydrogen-bond acceptors (Lipinski definition) is 3. The zero-order valence-corrected chi connectivity index (χ0v) is 12.4. The van der Waals surface area contributed by atoms with Gasteiger partial charge in [-0.1, -0.05) is 25.1 Å². The second-order valence-electron chi connectivity index (χ2n) is 4.99. The van der Waals surface area contributed by atoms with Gasteiger partial charge in [0.05, 0.1) is 4.88 Å². The molecule has 108 valence electrons. The van der Waals surface area contributed by atoms with Crippen molar-refractivity contribution < 1.29 is 14.7 Å². The van der Waals surface area contributed by atoms with Crippen LogP contribution in [0.1, 0.15) is 27.7 Å². The average molecular weight is 301 g/mol. The number of hydrogen-bond donors (Lipinski definition) is 1. The molecule has 2 aromatic rings. The Morgan fingerprint density at radius 1 is 1.33 bits per heavy atom. The van der Waals surface area contributed by atoms with E-state index in [1.165, 1.54) is 16.2 Å². The van der Waals surface area contributed by atoms with Gasteiger partial charge in [0.1, 0.15) is 6.04 Å². The number of carboxylic acid groups (broad SMARTS) is 1. The number of thiophene rings is 1. The number of anilines is 1. The number of rotatable bonds is 3. The van der Waals surface area contributed by atoms with Crippen molar-refractivity contribution in [1.29, 1.82) is 0 Å². The number of carbonyl (C=O) groups is 2. The van der Waals surface area contributed by atoms with Crippen molar-refractivity contribution in [2.45, 2.75) is 25.8 Å². The second kappa shape index (κ2) is 5.33. The average Bonchev–Trinajstić information content (AvgIpc) is 3.10. The highest BCUT2D eigenvalue weighted by Crippen LogP contribution is 2.34. The largest absolute Gasteiger partial charge is 0.480 e. The summed E-state index contributed by atoms with van der Waals surface area (Å²) < 4.78 is 0. The van der Waals surface area contributed by atoms with E-state index in [-0.39, 0.29) is 5.91 Å². The minimum Gasteiger partial charge on any atom is -0.480 e. The van der Waals surface area contributed by atoms with Crippen LogP contribution in [-0.4, -0.2) is 23.0 Å². The lowest BCUT2D eigenvalue weighted by Gasteiger charge is -2.22. The highest BCUT2D eigenvalue weighted by Gasteiger charge is 2.39. The minimum absolute atomic E-state index is 0.209. The van der Waals surface area contributed by atoms with Crippen LogP contribution in [0.4, 0.5) is 5.69 Å². The zero-order chi connectivity index (χ0) is 15.0. The smallest absolute Gasteiger partial charge is 0.327 e. The summed E-state index contributed by atoms with van der Waals surface area (Å²) in [4.78, 5) is 26.4. The number of carbonyl (C=O) groups excluding carboxylic acids is 1. The van der Waals surface area contributed by atoms with E-state index in [2.05, 4.69) is 0 Å². The van der Waals surface area contributed by atoms with Crippen molar-refractivity contribution in [3.05, 3.63) is 51.7 Å². The highest BCUT2D eigenvalue weighted by atomic mass is 32.1. The Labute approximate surface area is 126 Å². The molecule has 0 saturated carbocycles. The van der Waals surface area contributed by atoms with Crippen molar-refractivity contribution in [1.82, 2.24) is 0 Å². The van der Waals surface area contributed by atoms with Crippen LogP contribution in [0.5, 0.6) is 0 Å². The van der Waals surface area contributed by atoms with Gasteiger partial charge in [-0.25, -0.2) is 4.79 Å². The van der Waals surface area contributed by atoms with Crippen molar-refractivity contribution >= 4 is 28.9 Å². The van der Waals surface area contributed by atoms with Crippen LogP contribution in [0.3, 0.4) is 0 Å². The fraction of sp³-hybridized carbons (Fsp3) is 0.250. The molecule has 1 aromatic carbocycles. The highest BCUT2D eigenvalue weighted by molar-refractivity contribution is 7.12. The molecular formula is C16H15NO3S. The van der Waals surface area contributed by atoms with Crippen molar-refractivity contribution in [3.63, 3.8) is 0 Å². The molecule has 3 rings (SSSR count). The monoisotopic (exact) mass is 301 g/mol. The number of para-hydroxylation sites is 1. The molecule has 0 radical (unpaired) electrons. The van der Waals surface area contributed by atoms with Crippen LogP contribution >= 0.6 is 11.3 Å². The van der Waals surface area contributed by atoms with E-state index in [9.17, 15) is 14.7 Å². The standard InChI is InChI=1S/C16H15NO3S/c1-2-10-7-8-21-14(10)15(18)17-12-6-4-3-5-11(12)9-13(17)16(19)20/h3-8,13H,2,9H2,1H3,(H,19,20). The number of fused-ring (bicyclic) bond motifs is 1. The lowest BCUT2D eigenvalue weighted by Crippen LogP contribution is -2.42. The Morgan fingerprint density at radius 2 is 2.10 bits per heavy atom. The first-order valence-corrected chi connectivity index (χ1v) is 7.72. The van der Waals surface area contributed by atoms with E-state index in [0.717, 1.165) is 17.5 Å². The number of benzene rings is 1. The van der Waals surface area contributed by atoms with Gasteiger partial charge in [0, 0.05) is 12.1 Å². The van der Waals surface area contributed by atoms with Crippen molar-refractivity contribution in [3.8, 4) is 0 Å². The number of nitrogens with zero attached hydrogens (tertiary/aromatic N) is 1. The topological polar surface area (TPSA) is 57.6 Å². The predicted octanol–water partition coefficient (Wildman–Crippen LogP) is 2.97. The molecule has 1 aromatic heterocycles. The molecule has 2 heterocycles. The molecule has 1 N–H and O–H groups in total. The Kier molecular flexibility index (Phi) is 3.51. The molecule has 0 spiro atoms. The Morgan fingerprint density at radius 3 is 2.81 bits per heavy atom. The van der Waals surface area contributed by atoms with Crippen LogP contribution in [-0.2, 0) is 17.6 Å². The zero-order valence-electron chi connectivity index (χ0n) is 11.6. The van der Waals surface area contributed by atoms with Crippen LogP contribution in [0, 0.1) is 0 Å². The molecule has 0 bridgehead atoms. The molecular weight excluding hydrogens is 286 g/mol. The van der Waals surface area contributed by atoms with E-state index < -0.39 is 12.0 Å². The maximum atomic E-state index is 12.8. The Bertz CT molecular complexity index is 707. The van der Waals surface area contributed by atoms with Gasteiger partial charge >= 0.3 is 5.97 Å². The van der Waals surface area contributed by atoms with Gasteiger partial charge in [0.25, 0.3) is 5.91 Å². The quantitative estimate of drug-likeness (QED) is 0.948. The second-order valence-corrected chi connectivity index (χ2v) is 5.91. The summed E-state index contributed by atoms with van der Waals surface area (Å²) in [6.07, 6.45) is 1.13. The summed E-state index contributed by atoms with van der Waals surface area (Å²) in [5, 5.41) is 11.3. The summed E-state index contributed by atoms with van der Waals surface area (Å²) in [5.74, 6) is -1.17. The molecule has 1 aliphatic rings. The van der Waals surface area contributed by atoms with Crippen molar-refractivity contribution in [2.75, 3.05) is 4.90 Å². The van der Waals surface area contributed by atoms with Crippen LogP contribution in [0.25, 0.3) is 0 Å². The SMILES string of the molecule is CCc1ccsc1C(=O)N1c2ccccc2CC1C(=O)O. The fourth-order valence-electron chi connectivity index (χ4n) is 2.75. The van der Waals surface area contributed by atoms with Crippen LogP contribution in [0.15, 0.2) is 35.7 Å². The van der Waals surface area contributed by atoms with Crippen LogP contribution in [0.2, 0.25) is 0 Å². The normalized spacial score (nSPS) is 16.8. The fourth-order valence-corrected chi connectivity index (χ4v) is 3.68. The summed E-state index contributed by atoms with van der Waals surface area (Å²) in [6, 6.07) is 8.51. The Balaban J connectivity index is 2.06. The molecule has 1 amide bonds. The molecule has 0 fully saturated rings. The number of aryl methyl sites for hydroxylation is 1. The van der Waals surface area contributed by atoms with Gasteiger partial charge in [0.2, 0.25) is 0 Å². The third-order valence-electron chi connectivity index (χ3n) is 3.80. The first-order chi connectivity index (χ1) is 10.1. The molecule has 0 saturated heterocycles. The predicted molar refractivity (Wildman–Crippen MR) is 82.1 cm³/mol. The molecule has 4 nitrogen and oxygen atoms in total. The molecule has 21 heavy (non-hydrogen) atoms. The van der Waals surface area contributed by atoms with E-state index in [4.69, 9.17) is 0 Å². The van der Waals surface area contributed by atoms with E-state index in [1.54, 1.807) is 0 Å². The third kappa shape index (κ3) is 2.23. The molecule has 1 unspecified atom stereocenters. The van der Waals surface area contributed by atoms with Crippen molar-refractivity contribution in [2.24, 2.45) is 0 Å². The van der Waals surface area contributed by atoms with Gasteiger partial charge in [-0.2, -0.15) is 0 Å². The Hall–Kier alpha value is -2.14. The molecule has 1 aliphatic heterocycles. The summed E-state index contributed by atoms with van der Waals surface area (Å²) in [7, 11) is 0. The number of aliphatic carboxylic acids is 1. The van der Waals surface area contributed by atoms with Gasteiger partial charge in [-0.15, -0.1) is 11.3 Å². The van der Waals surface area contributed by atoms with Crippen LogP contribution < -0.4 is 4.90 Å². The summed E-state index contributed by atoms with van der Waals surface area (Å²) in [6.45, 7) is 1.99. The number of amides is 1. The van der Waals surface area contributed by atoms with E-state index in [1.807, 2.05) is 42.6 Å². The maximum absolute atomic E-state index is 12.8. The summed E-state index contributed by atoms with van der Waals surface area (Å²) in [5.41, 5.74) is 2.59. The minimum atomic E-state index is -0.964.